The van der Waals surface area contributed by atoms with Gasteiger partial charge in [-0.15, -0.1) is 0 Å². The number of aromatic hydroxyl groups is 1. The van der Waals surface area contributed by atoms with Crippen LogP contribution in [-0.4, -0.2) is 48.1 Å². The molecule has 29 heavy (non-hydrogen) atoms. The highest BCUT2D eigenvalue weighted by atomic mass is 16.3. The Labute approximate surface area is 167 Å². The maximum Gasteiger partial charge on any atom is 0.275 e. The van der Waals surface area contributed by atoms with Gasteiger partial charge in [0.15, 0.2) is 0 Å². The Hall–Kier alpha value is -3.58. The molecule has 1 saturated heterocycles. The molecule has 7 nitrogen and oxygen atoms in total. The van der Waals surface area contributed by atoms with E-state index in [1.54, 1.807) is 24.3 Å². The Bertz CT molecular complexity index is 1110. The summed E-state index contributed by atoms with van der Waals surface area (Å²) < 4.78 is 0. The van der Waals surface area contributed by atoms with E-state index in [9.17, 15) is 14.7 Å². The third-order valence-electron chi connectivity index (χ3n) is 5.75. The van der Waals surface area contributed by atoms with E-state index >= 15 is 0 Å². The van der Waals surface area contributed by atoms with Crippen LogP contribution in [0, 0.1) is 0 Å². The van der Waals surface area contributed by atoms with Crippen molar-refractivity contribution in [3.05, 3.63) is 65.7 Å². The van der Waals surface area contributed by atoms with Crippen LogP contribution in [-0.2, 0) is 0 Å². The first-order chi connectivity index (χ1) is 14.0. The minimum absolute atomic E-state index is 0.260. The fraction of sp³-hybridized carbons (Fsp3) is 0.182. The molecule has 0 atom stereocenters. The molecule has 0 spiro atoms. The number of nitrogens with zero attached hydrogens (tertiary/aromatic N) is 3. The molecule has 7 heteroatoms. The zero-order valence-corrected chi connectivity index (χ0v) is 15.7. The van der Waals surface area contributed by atoms with Crippen LogP contribution in [0.1, 0.15) is 20.7 Å². The van der Waals surface area contributed by atoms with Crippen molar-refractivity contribution in [2.75, 3.05) is 36.0 Å². The summed E-state index contributed by atoms with van der Waals surface area (Å²) in [5.41, 5.74) is 3.02. The van der Waals surface area contributed by atoms with Gasteiger partial charge in [0.05, 0.1) is 11.1 Å². The predicted octanol–water partition coefficient (Wildman–Crippen LogP) is 2.34. The third kappa shape index (κ3) is 2.70. The number of phenolic OH excluding ortho intramolecular Hbond substituents is 1. The zero-order chi connectivity index (χ0) is 20.1. The molecule has 146 valence electrons. The number of piperazine rings is 1. The molecule has 2 heterocycles. The van der Waals surface area contributed by atoms with Gasteiger partial charge in [-0.3, -0.25) is 9.59 Å². The average Bonchev–Trinajstić information content (AvgIpc) is 2.76. The smallest absolute Gasteiger partial charge is 0.275 e. The number of nitrogens with two attached hydrogens (primary N) is 1. The number of imide groups is 1. The van der Waals surface area contributed by atoms with Gasteiger partial charge < -0.3 is 14.9 Å². The summed E-state index contributed by atoms with van der Waals surface area (Å²) in [7, 11) is 0. The van der Waals surface area contributed by atoms with Crippen molar-refractivity contribution in [3.63, 3.8) is 0 Å². The molecule has 2 aliphatic heterocycles. The SMILES string of the molecule is NN1C(=O)c2cccc3c(N4CCN(c5ccc(O)cc5)CC4)ccc(c23)C1=O. The van der Waals surface area contributed by atoms with E-state index < -0.39 is 11.8 Å². The van der Waals surface area contributed by atoms with Crippen LogP contribution in [0.15, 0.2) is 54.6 Å². The van der Waals surface area contributed by atoms with Crippen LogP contribution in [0.5, 0.6) is 5.75 Å². The van der Waals surface area contributed by atoms with E-state index in [-0.39, 0.29) is 5.75 Å². The fourth-order valence-corrected chi connectivity index (χ4v) is 4.24. The number of anilines is 2. The molecule has 1 fully saturated rings. The second-order valence-corrected chi connectivity index (χ2v) is 7.33. The zero-order valence-electron chi connectivity index (χ0n) is 15.7. The number of carbonyl (C=O) groups is 2. The Morgan fingerprint density at radius 1 is 0.759 bits per heavy atom. The van der Waals surface area contributed by atoms with E-state index in [1.165, 1.54) is 0 Å². The van der Waals surface area contributed by atoms with Crippen LogP contribution < -0.4 is 15.6 Å². The Morgan fingerprint density at radius 3 is 2.07 bits per heavy atom. The number of carbonyl (C=O) groups excluding carboxylic acids is 2. The van der Waals surface area contributed by atoms with Gasteiger partial charge in [-0.2, -0.15) is 0 Å². The first-order valence-electron chi connectivity index (χ1n) is 9.53. The van der Waals surface area contributed by atoms with Crippen molar-refractivity contribution in [1.29, 1.82) is 0 Å². The van der Waals surface area contributed by atoms with Crippen molar-refractivity contribution >= 4 is 34.0 Å². The van der Waals surface area contributed by atoms with Gasteiger partial charge in [-0.25, -0.2) is 10.9 Å². The van der Waals surface area contributed by atoms with Crippen LogP contribution in [0.25, 0.3) is 10.8 Å². The van der Waals surface area contributed by atoms with E-state index in [0.717, 1.165) is 42.9 Å². The largest absolute Gasteiger partial charge is 0.508 e. The van der Waals surface area contributed by atoms with Crippen LogP contribution in [0.4, 0.5) is 11.4 Å². The Kier molecular flexibility index (Phi) is 3.92. The molecule has 5 rings (SSSR count). The van der Waals surface area contributed by atoms with E-state index in [4.69, 9.17) is 5.84 Å². The summed E-state index contributed by atoms with van der Waals surface area (Å²) in [6.07, 6.45) is 0. The van der Waals surface area contributed by atoms with Gasteiger partial charge in [0.2, 0.25) is 0 Å². The topological polar surface area (TPSA) is 90.1 Å². The maximum atomic E-state index is 12.5. The second kappa shape index (κ2) is 6.49. The number of amides is 2. The van der Waals surface area contributed by atoms with Gasteiger partial charge in [0.1, 0.15) is 5.75 Å². The number of phenols is 1. The molecule has 2 aliphatic rings. The van der Waals surface area contributed by atoms with Crippen molar-refractivity contribution in [2.45, 2.75) is 0 Å². The predicted molar refractivity (Wildman–Crippen MR) is 111 cm³/mol. The molecule has 0 aromatic heterocycles. The molecule has 0 bridgehead atoms. The lowest BCUT2D eigenvalue weighted by atomic mass is 9.93. The van der Waals surface area contributed by atoms with Crippen molar-refractivity contribution < 1.29 is 14.7 Å². The molecule has 3 aromatic rings. The highest BCUT2D eigenvalue weighted by Crippen LogP contribution is 2.36. The molecule has 3 N–H and O–H groups in total. The van der Waals surface area contributed by atoms with Crippen molar-refractivity contribution in [2.24, 2.45) is 5.84 Å². The number of hydrazine groups is 1. The minimum atomic E-state index is -0.470. The van der Waals surface area contributed by atoms with E-state index in [0.29, 0.717) is 21.5 Å². The van der Waals surface area contributed by atoms with Crippen molar-refractivity contribution in [1.82, 2.24) is 5.01 Å². The number of hydrogen-bond acceptors (Lipinski definition) is 6. The monoisotopic (exact) mass is 388 g/mol. The van der Waals surface area contributed by atoms with Crippen LogP contribution in [0.2, 0.25) is 0 Å². The molecular formula is C22H20N4O3. The van der Waals surface area contributed by atoms with Gasteiger partial charge in [0, 0.05) is 48.3 Å². The fourth-order valence-electron chi connectivity index (χ4n) is 4.24. The molecule has 0 unspecified atom stereocenters. The second-order valence-electron chi connectivity index (χ2n) is 7.33. The number of rotatable bonds is 2. The lowest BCUT2D eigenvalue weighted by molar-refractivity contribution is 0.0610. The first kappa shape index (κ1) is 17.5. The highest BCUT2D eigenvalue weighted by Gasteiger charge is 2.32. The minimum Gasteiger partial charge on any atom is -0.508 e. The molecule has 2 amide bonds. The van der Waals surface area contributed by atoms with E-state index in [1.807, 2.05) is 30.3 Å². The lowest BCUT2D eigenvalue weighted by Gasteiger charge is -2.38. The van der Waals surface area contributed by atoms with Gasteiger partial charge in [0.25, 0.3) is 11.8 Å². The van der Waals surface area contributed by atoms with Crippen LogP contribution in [0.3, 0.4) is 0 Å². The summed E-state index contributed by atoms with van der Waals surface area (Å²) in [4.78, 5) is 29.5. The molecule has 0 saturated carbocycles. The summed E-state index contributed by atoms with van der Waals surface area (Å²) in [5, 5.41) is 11.8. The molecular weight excluding hydrogens is 368 g/mol. The van der Waals surface area contributed by atoms with Gasteiger partial charge >= 0.3 is 0 Å². The van der Waals surface area contributed by atoms with E-state index in [2.05, 4.69) is 9.80 Å². The first-order valence-corrected chi connectivity index (χ1v) is 9.53. The van der Waals surface area contributed by atoms with Gasteiger partial charge in [-0.05, 0) is 42.5 Å². The van der Waals surface area contributed by atoms with Crippen LogP contribution >= 0.6 is 0 Å². The highest BCUT2D eigenvalue weighted by molar-refractivity contribution is 6.26. The number of hydrogen-bond donors (Lipinski definition) is 2. The molecule has 0 radical (unpaired) electrons. The Balaban J connectivity index is 1.48. The summed E-state index contributed by atoms with van der Waals surface area (Å²) in [6, 6.07) is 16.4. The lowest BCUT2D eigenvalue weighted by Crippen LogP contribution is -2.47. The van der Waals surface area contributed by atoms with Crippen molar-refractivity contribution in [3.8, 4) is 5.75 Å². The summed E-state index contributed by atoms with van der Waals surface area (Å²) in [5.74, 6) is 5.00. The summed E-state index contributed by atoms with van der Waals surface area (Å²) in [6.45, 7) is 3.29. The number of benzene rings is 3. The quantitative estimate of drug-likeness (QED) is 0.398. The molecule has 0 aliphatic carbocycles. The normalized spacial score (nSPS) is 16.7. The van der Waals surface area contributed by atoms with Gasteiger partial charge in [-0.1, -0.05) is 12.1 Å². The Morgan fingerprint density at radius 2 is 1.38 bits per heavy atom. The maximum absolute atomic E-state index is 12.5. The average molecular weight is 388 g/mol. The summed E-state index contributed by atoms with van der Waals surface area (Å²) >= 11 is 0. The molecule has 3 aromatic carbocycles. The standard InChI is InChI=1S/C22H20N4O3/c23-26-21(28)17-3-1-2-16-19(9-8-18(20(16)17)22(26)29)25-12-10-24(11-13-25)14-4-6-15(27)7-5-14/h1-9,27H,10-13,23H2. The third-order valence-corrected chi connectivity index (χ3v) is 5.75.